The summed E-state index contributed by atoms with van der Waals surface area (Å²) in [5.74, 6) is -0.977. The molecule has 1 aromatic rings. The first kappa shape index (κ1) is 33.1. The molecule has 0 spiro atoms. The lowest BCUT2D eigenvalue weighted by Gasteiger charge is -2.25. The van der Waals surface area contributed by atoms with Gasteiger partial charge in [0.1, 0.15) is 11.9 Å². The molecule has 8 nitrogen and oxygen atoms in total. The van der Waals surface area contributed by atoms with Crippen LogP contribution in [-0.2, 0) is 26.0 Å². The summed E-state index contributed by atoms with van der Waals surface area (Å²) in [6.45, 7) is 9.56. The van der Waals surface area contributed by atoms with Gasteiger partial charge in [0.2, 0.25) is 10.0 Å². The van der Waals surface area contributed by atoms with Crippen LogP contribution in [-0.4, -0.2) is 69.1 Å². The predicted octanol–water partition coefficient (Wildman–Crippen LogP) is 3.84. The van der Waals surface area contributed by atoms with Gasteiger partial charge in [-0.1, -0.05) is 39.8 Å². The average molecular weight is 554 g/mol. The van der Waals surface area contributed by atoms with Crippen molar-refractivity contribution in [3.05, 3.63) is 29.8 Å². The third kappa shape index (κ3) is 14.0. The zero-order chi connectivity index (χ0) is 28.1. The number of esters is 1. The van der Waals surface area contributed by atoms with E-state index in [4.69, 9.17) is 10.5 Å². The van der Waals surface area contributed by atoms with Crippen LogP contribution in [0.15, 0.2) is 24.3 Å². The fourth-order valence-electron chi connectivity index (χ4n) is 3.65. The van der Waals surface area contributed by atoms with E-state index in [1.807, 2.05) is 13.8 Å². The van der Waals surface area contributed by atoms with Gasteiger partial charge < -0.3 is 20.5 Å². The standard InChI is InChI=1S/C25H42F3N3O5S/c1-5-13-31(14-6-2)37(33,34)15-11-24(32)35-23(18-30-12-10-19(3)4)22(29)17-20-8-7-9-21(16-20)36-25(26,27)28/h7-9,16,19,22-23,30H,5-6,10-15,17-18,29H2,1-4H3. The van der Waals surface area contributed by atoms with Crippen LogP contribution >= 0.6 is 0 Å². The lowest BCUT2D eigenvalue weighted by Crippen LogP contribution is -2.46. The van der Waals surface area contributed by atoms with E-state index in [-0.39, 0.29) is 30.9 Å². The fraction of sp³-hybridized carbons (Fsp3) is 0.720. The summed E-state index contributed by atoms with van der Waals surface area (Å²) in [5.41, 5.74) is 6.80. The number of hydrogen-bond acceptors (Lipinski definition) is 7. The van der Waals surface area contributed by atoms with Crippen LogP contribution < -0.4 is 15.8 Å². The van der Waals surface area contributed by atoms with Crippen LogP contribution in [0, 0.1) is 5.92 Å². The number of nitrogens with zero attached hydrogens (tertiary/aromatic N) is 1. The van der Waals surface area contributed by atoms with E-state index in [2.05, 4.69) is 23.9 Å². The van der Waals surface area contributed by atoms with Gasteiger partial charge in [-0.25, -0.2) is 12.7 Å². The number of alkyl halides is 3. The molecule has 2 unspecified atom stereocenters. The lowest BCUT2D eigenvalue weighted by molar-refractivity contribution is -0.274. The van der Waals surface area contributed by atoms with Gasteiger partial charge in [-0.15, -0.1) is 13.2 Å². The van der Waals surface area contributed by atoms with Gasteiger partial charge in [-0.05, 0) is 55.8 Å². The second-order valence-corrected chi connectivity index (χ2v) is 11.5. The maximum absolute atomic E-state index is 12.7. The van der Waals surface area contributed by atoms with Crippen LogP contribution in [0.1, 0.15) is 58.9 Å². The molecule has 0 heterocycles. The normalized spacial score (nSPS) is 14.1. The molecular weight excluding hydrogens is 511 g/mol. The number of nitrogens with two attached hydrogens (primary N) is 1. The largest absolute Gasteiger partial charge is 0.573 e. The minimum Gasteiger partial charge on any atom is -0.459 e. The van der Waals surface area contributed by atoms with E-state index < -0.39 is 34.5 Å². The Morgan fingerprint density at radius 2 is 1.81 bits per heavy atom. The monoisotopic (exact) mass is 553 g/mol. The molecule has 0 aliphatic heterocycles. The topological polar surface area (TPSA) is 111 Å². The summed E-state index contributed by atoms with van der Waals surface area (Å²) < 4.78 is 74.0. The summed E-state index contributed by atoms with van der Waals surface area (Å²) >= 11 is 0. The van der Waals surface area contributed by atoms with Crippen LogP contribution in [0.5, 0.6) is 5.75 Å². The van der Waals surface area contributed by atoms with Crippen molar-refractivity contribution >= 4 is 16.0 Å². The first-order valence-electron chi connectivity index (χ1n) is 12.8. The number of benzene rings is 1. The zero-order valence-corrected chi connectivity index (χ0v) is 23.0. The smallest absolute Gasteiger partial charge is 0.459 e. The summed E-state index contributed by atoms with van der Waals surface area (Å²) in [5, 5.41) is 3.20. The van der Waals surface area contributed by atoms with Gasteiger partial charge in [0, 0.05) is 25.7 Å². The average Bonchev–Trinajstić information content (AvgIpc) is 2.78. The lowest BCUT2D eigenvalue weighted by atomic mass is 10.0. The summed E-state index contributed by atoms with van der Waals surface area (Å²) in [7, 11) is -3.62. The predicted molar refractivity (Wildman–Crippen MR) is 138 cm³/mol. The summed E-state index contributed by atoms with van der Waals surface area (Å²) in [6, 6.07) is 4.71. The van der Waals surface area contributed by atoms with Gasteiger partial charge >= 0.3 is 12.3 Å². The molecular formula is C25H42F3N3O5S. The van der Waals surface area contributed by atoms with Crippen molar-refractivity contribution in [1.29, 1.82) is 0 Å². The van der Waals surface area contributed by atoms with Gasteiger partial charge in [0.25, 0.3) is 0 Å². The zero-order valence-electron chi connectivity index (χ0n) is 22.2. The van der Waals surface area contributed by atoms with Crippen LogP contribution in [0.3, 0.4) is 0 Å². The molecule has 3 N–H and O–H groups in total. The maximum atomic E-state index is 12.7. The van der Waals surface area contributed by atoms with Crippen LogP contribution in [0.2, 0.25) is 0 Å². The fourth-order valence-corrected chi connectivity index (χ4v) is 5.25. The maximum Gasteiger partial charge on any atom is 0.573 e. The number of ether oxygens (including phenoxy) is 2. The highest BCUT2D eigenvalue weighted by Crippen LogP contribution is 2.24. The quantitative estimate of drug-likeness (QED) is 0.210. The molecule has 0 saturated carbocycles. The molecule has 1 aromatic carbocycles. The number of sulfonamides is 1. The second kappa shape index (κ2) is 16.2. The Labute approximate surface area is 219 Å². The van der Waals surface area contributed by atoms with Crippen molar-refractivity contribution in [2.45, 2.75) is 78.3 Å². The van der Waals surface area contributed by atoms with E-state index >= 15 is 0 Å². The summed E-state index contributed by atoms with van der Waals surface area (Å²) in [6.07, 6.45) is -3.61. The molecule has 0 fully saturated rings. The van der Waals surface area contributed by atoms with E-state index in [0.29, 0.717) is 44.0 Å². The molecule has 0 aliphatic rings. The highest BCUT2D eigenvalue weighted by Gasteiger charge is 2.31. The molecule has 214 valence electrons. The first-order chi connectivity index (χ1) is 17.3. The molecule has 1 rings (SSSR count). The molecule has 0 bridgehead atoms. The van der Waals surface area contributed by atoms with E-state index in [9.17, 15) is 26.4 Å². The number of carbonyl (C=O) groups is 1. The number of halogens is 3. The third-order valence-corrected chi connectivity index (χ3v) is 7.38. The number of hydrogen-bond donors (Lipinski definition) is 2. The molecule has 0 amide bonds. The van der Waals surface area contributed by atoms with Crippen molar-refractivity contribution in [1.82, 2.24) is 9.62 Å². The molecule has 0 radical (unpaired) electrons. The first-order valence-corrected chi connectivity index (χ1v) is 14.4. The Morgan fingerprint density at radius 1 is 1.16 bits per heavy atom. The molecule has 37 heavy (non-hydrogen) atoms. The van der Waals surface area contributed by atoms with Crippen molar-refractivity contribution in [3.8, 4) is 5.75 Å². The van der Waals surface area contributed by atoms with Gasteiger partial charge in [0.15, 0.2) is 0 Å². The number of nitrogens with one attached hydrogen (secondary N) is 1. The minimum absolute atomic E-state index is 0.123. The Hall–Kier alpha value is -1.89. The molecule has 2 atom stereocenters. The SMILES string of the molecule is CCCN(CCC)S(=O)(=O)CCC(=O)OC(CNCCC(C)C)C(N)Cc1cccc(OC(F)(F)F)c1. The Balaban J connectivity index is 2.87. The third-order valence-electron chi connectivity index (χ3n) is 5.51. The van der Waals surface area contributed by atoms with Crippen molar-refractivity contribution in [2.75, 3.05) is 31.9 Å². The van der Waals surface area contributed by atoms with Gasteiger partial charge in [-0.2, -0.15) is 0 Å². The van der Waals surface area contributed by atoms with E-state index in [0.717, 1.165) is 6.42 Å². The van der Waals surface area contributed by atoms with Crippen LogP contribution in [0.25, 0.3) is 0 Å². The van der Waals surface area contributed by atoms with E-state index in [1.54, 1.807) is 6.07 Å². The second-order valence-electron chi connectivity index (χ2n) is 9.44. The molecule has 12 heteroatoms. The Bertz CT molecular complexity index is 907. The van der Waals surface area contributed by atoms with E-state index in [1.165, 1.54) is 22.5 Å². The Morgan fingerprint density at radius 3 is 2.38 bits per heavy atom. The van der Waals surface area contributed by atoms with Crippen molar-refractivity contribution in [3.63, 3.8) is 0 Å². The number of rotatable bonds is 18. The van der Waals surface area contributed by atoms with Crippen molar-refractivity contribution < 1.29 is 35.9 Å². The highest BCUT2D eigenvalue weighted by molar-refractivity contribution is 7.89. The number of carbonyl (C=O) groups excluding carboxylic acids is 1. The molecule has 0 aliphatic carbocycles. The van der Waals surface area contributed by atoms with Gasteiger partial charge in [-0.3, -0.25) is 4.79 Å². The Kier molecular flexibility index (Phi) is 14.5. The van der Waals surface area contributed by atoms with Crippen LogP contribution in [0.4, 0.5) is 13.2 Å². The van der Waals surface area contributed by atoms with Crippen molar-refractivity contribution in [2.24, 2.45) is 11.7 Å². The minimum atomic E-state index is -4.82. The summed E-state index contributed by atoms with van der Waals surface area (Å²) in [4.78, 5) is 12.6. The molecule has 0 saturated heterocycles. The molecule has 0 aromatic heterocycles. The van der Waals surface area contributed by atoms with Gasteiger partial charge in [0.05, 0.1) is 12.2 Å². The highest BCUT2D eigenvalue weighted by atomic mass is 32.2.